The zero-order chi connectivity index (χ0) is 24.7. The highest BCUT2D eigenvalue weighted by molar-refractivity contribution is 6.80. The third-order valence-corrected chi connectivity index (χ3v) is 13.0. The molecule has 0 fully saturated rings. The number of allylic oxidation sites excluding steroid dienone is 1. The van der Waals surface area contributed by atoms with Gasteiger partial charge in [-0.1, -0.05) is 61.5 Å². The first-order valence-electron chi connectivity index (χ1n) is 13.3. The molecule has 180 valence electrons. The number of aromatic nitrogens is 6. The number of hydrogen-bond donors (Lipinski definition) is 0. The van der Waals surface area contributed by atoms with Gasteiger partial charge in [0.1, 0.15) is 0 Å². The van der Waals surface area contributed by atoms with Gasteiger partial charge in [-0.15, -0.1) is 0 Å². The average Bonchev–Trinajstić information content (AvgIpc) is 3.74. The lowest BCUT2D eigenvalue weighted by atomic mass is 9.99. The van der Waals surface area contributed by atoms with Crippen molar-refractivity contribution in [1.29, 1.82) is 0 Å². The molecule has 0 bridgehead atoms. The van der Waals surface area contributed by atoms with Gasteiger partial charge in [0.15, 0.2) is 11.6 Å². The Labute approximate surface area is 219 Å². The summed E-state index contributed by atoms with van der Waals surface area (Å²) < 4.78 is 10.6. The lowest BCUT2D eigenvalue weighted by Gasteiger charge is -2.32. The van der Waals surface area contributed by atoms with Crippen molar-refractivity contribution in [2.45, 2.75) is 13.3 Å². The second-order valence-electron chi connectivity index (χ2n) is 10.9. The van der Waals surface area contributed by atoms with Crippen molar-refractivity contribution in [2.75, 3.05) is 0 Å². The maximum atomic E-state index is 5.34. The van der Waals surface area contributed by atoms with Gasteiger partial charge in [-0.05, 0) is 65.6 Å². The van der Waals surface area contributed by atoms with Crippen molar-refractivity contribution >= 4 is 47.6 Å². The molecule has 3 aliphatic rings. The van der Waals surface area contributed by atoms with Gasteiger partial charge in [0, 0.05) is 16.7 Å². The summed E-state index contributed by atoms with van der Waals surface area (Å²) >= 11 is 0. The molecule has 10 rings (SSSR count). The van der Waals surface area contributed by atoms with Crippen LogP contribution in [0.3, 0.4) is 0 Å². The molecule has 1 aliphatic carbocycles. The van der Waals surface area contributed by atoms with Crippen molar-refractivity contribution < 1.29 is 0 Å². The Morgan fingerprint density at radius 3 is 2.00 bits per heavy atom. The van der Waals surface area contributed by atoms with Crippen molar-refractivity contribution in [3.63, 3.8) is 0 Å². The summed E-state index contributed by atoms with van der Waals surface area (Å²) in [6.45, 7) is 2.31. The Morgan fingerprint density at radius 1 is 0.684 bits per heavy atom. The van der Waals surface area contributed by atoms with Gasteiger partial charge >= 0.3 is 8.72 Å². The van der Waals surface area contributed by atoms with Crippen LogP contribution in [0.1, 0.15) is 18.3 Å². The summed E-state index contributed by atoms with van der Waals surface area (Å²) in [6, 6.07) is 30.9. The van der Waals surface area contributed by atoms with Gasteiger partial charge in [0.05, 0.1) is 28.1 Å². The fraction of sp³-hybridized carbons (Fsp3) is 0.0968. The standard InChI is InChI=1S/C31H22N6Si/c1-19-14-15-23-27(16-19)37-31(33-23)29-18-21-9-3-6-12-25(21)35(29)38(37)34-24-11-5-2-8-20(24)17-28(34)30-32-22-10-4-7-13-26(22)36(30)38/h2-15,17-19H,16H2,1H3. The third kappa shape index (κ3) is 1.97. The van der Waals surface area contributed by atoms with Crippen LogP contribution in [-0.2, 0) is 6.42 Å². The highest BCUT2D eigenvalue weighted by Gasteiger charge is 2.61. The second-order valence-corrected chi connectivity index (χ2v) is 13.8. The quantitative estimate of drug-likeness (QED) is 0.229. The van der Waals surface area contributed by atoms with Crippen LogP contribution in [0.2, 0.25) is 0 Å². The van der Waals surface area contributed by atoms with Crippen LogP contribution in [-0.4, -0.2) is 35.6 Å². The van der Waals surface area contributed by atoms with Gasteiger partial charge in [0.2, 0.25) is 0 Å². The summed E-state index contributed by atoms with van der Waals surface area (Å²) in [5.41, 5.74) is 9.56. The summed E-state index contributed by atoms with van der Waals surface area (Å²) in [7, 11) is -3.04. The van der Waals surface area contributed by atoms with E-state index in [-0.39, 0.29) is 0 Å². The monoisotopic (exact) mass is 506 g/mol. The first-order chi connectivity index (χ1) is 18.7. The van der Waals surface area contributed by atoms with E-state index in [2.05, 4.69) is 121 Å². The third-order valence-electron chi connectivity index (χ3n) is 8.74. The highest BCUT2D eigenvalue weighted by atomic mass is 28.4. The average molecular weight is 507 g/mol. The van der Waals surface area contributed by atoms with Crippen LogP contribution in [0.4, 0.5) is 0 Å². The number of hydrogen-bond acceptors (Lipinski definition) is 2. The van der Waals surface area contributed by atoms with Crippen LogP contribution in [0, 0.1) is 5.92 Å². The molecule has 4 aromatic heterocycles. The van der Waals surface area contributed by atoms with Crippen molar-refractivity contribution in [1.82, 2.24) is 26.9 Å². The van der Waals surface area contributed by atoms with E-state index >= 15 is 0 Å². The fourth-order valence-corrected chi connectivity index (χ4v) is 12.5. The molecular formula is C31H22N6Si. The van der Waals surface area contributed by atoms with E-state index in [0.717, 1.165) is 29.3 Å². The predicted molar refractivity (Wildman–Crippen MR) is 153 cm³/mol. The number of imidazole rings is 2. The molecule has 0 N–H and O–H groups in total. The Hall–Kier alpha value is -4.62. The van der Waals surface area contributed by atoms with Crippen LogP contribution >= 0.6 is 0 Å². The highest BCUT2D eigenvalue weighted by Crippen LogP contribution is 2.50. The number of benzene rings is 3. The van der Waals surface area contributed by atoms with E-state index in [1.54, 1.807) is 0 Å². The van der Waals surface area contributed by atoms with Gasteiger partial charge in [0.25, 0.3) is 0 Å². The Morgan fingerprint density at radius 2 is 1.29 bits per heavy atom. The zero-order valence-corrected chi connectivity index (χ0v) is 21.7. The molecule has 1 spiro atoms. The van der Waals surface area contributed by atoms with E-state index in [1.807, 2.05) is 0 Å². The van der Waals surface area contributed by atoms with Crippen LogP contribution in [0.15, 0.2) is 91.0 Å². The molecule has 0 saturated heterocycles. The Balaban J connectivity index is 1.51. The first-order valence-corrected chi connectivity index (χ1v) is 15.0. The maximum absolute atomic E-state index is 5.34. The molecule has 0 radical (unpaired) electrons. The number of para-hydroxylation sites is 4. The maximum Gasteiger partial charge on any atom is 0.524 e. The smallest absolute Gasteiger partial charge is 0.312 e. The van der Waals surface area contributed by atoms with Gasteiger partial charge in [-0.25, -0.2) is 9.97 Å². The van der Waals surface area contributed by atoms with E-state index in [0.29, 0.717) is 5.92 Å². The molecule has 2 unspecified atom stereocenters. The molecule has 0 amide bonds. The molecule has 2 aliphatic heterocycles. The SMILES string of the molecule is CC1C=Cc2nc3n(c2C1)[Si]1(n2c-3cc3ccccc32)n2c(cc3ccccc32)-c2nc3ccccc3n21. The molecular weight excluding hydrogens is 484 g/mol. The molecule has 0 saturated carbocycles. The van der Waals surface area contributed by atoms with E-state index < -0.39 is 8.72 Å². The number of nitrogens with zero attached hydrogens (tertiary/aromatic N) is 6. The normalized spacial score (nSPS) is 20.4. The number of fused-ring (bicyclic) bond motifs is 18. The summed E-state index contributed by atoms with van der Waals surface area (Å²) in [5, 5.41) is 2.50. The lowest BCUT2D eigenvalue weighted by Crippen LogP contribution is -2.60. The minimum atomic E-state index is -3.04. The zero-order valence-electron chi connectivity index (χ0n) is 20.7. The Kier molecular flexibility index (Phi) is 3.21. The summed E-state index contributed by atoms with van der Waals surface area (Å²) in [4.78, 5) is 10.6. The van der Waals surface area contributed by atoms with Crippen LogP contribution < -0.4 is 0 Å². The fourth-order valence-electron chi connectivity index (χ4n) is 7.31. The van der Waals surface area contributed by atoms with Crippen LogP contribution in [0.25, 0.3) is 62.0 Å². The van der Waals surface area contributed by atoms with Gasteiger partial charge < -0.3 is 8.47 Å². The molecule has 38 heavy (non-hydrogen) atoms. The molecule has 6 nitrogen and oxygen atoms in total. The predicted octanol–water partition coefficient (Wildman–Crippen LogP) is 6.24. The van der Waals surface area contributed by atoms with E-state index in [4.69, 9.17) is 9.97 Å². The van der Waals surface area contributed by atoms with Gasteiger partial charge in [-0.3, -0.25) is 8.47 Å². The topological polar surface area (TPSA) is 45.5 Å². The Bertz CT molecular complexity index is 2120. The summed E-state index contributed by atoms with van der Waals surface area (Å²) in [6.07, 6.45) is 5.52. The van der Waals surface area contributed by atoms with E-state index in [9.17, 15) is 0 Å². The minimum absolute atomic E-state index is 0.465. The van der Waals surface area contributed by atoms with Crippen LogP contribution in [0.5, 0.6) is 0 Å². The van der Waals surface area contributed by atoms with Crippen molar-refractivity contribution in [3.8, 4) is 23.0 Å². The molecule has 2 atom stereocenters. The molecule has 3 aromatic carbocycles. The van der Waals surface area contributed by atoms with Crippen molar-refractivity contribution in [3.05, 3.63) is 102 Å². The van der Waals surface area contributed by atoms with Crippen molar-refractivity contribution in [2.24, 2.45) is 5.92 Å². The first kappa shape index (κ1) is 19.5. The molecule has 7 heteroatoms. The largest absolute Gasteiger partial charge is 0.524 e. The molecule has 7 aromatic rings. The van der Waals surface area contributed by atoms with Gasteiger partial charge in [-0.2, -0.15) is 0 Å². The lowest BCUT2D eigenvalue weighted by molar-refractivity contribution is 0.688. The minimum Gasteiger partial charge on any atom is -0.312 e. The molecule has 6 heterocycles. The number of rotatable bonds is 0. The summed E-state index contributed by atoms with van der Waals surface area (Å²) in [5.74, 6) is 2.59. The van der Waals surface area contributed by atoms with E-state index in [1.165, 1.54) is 44.4 Å². The second kappa shape index (κ2) is 6.26.